The van der Waals surface area contributed by atoms with Crippen molar-refractivity contribution in [2.24, 2.45) is 11.8 Å². The van der Waals surface area contributed by atoms with Crippen LogP contribution in [0.5, 0.6) is 0 Å². The third kappa shape index (κ3) is 5.48. The summed E-state index contributed by atoms with van der Waals surface area (Å²) in [5.74, 6) is 0.860. The SMILES string of the molecule is CC1CC(C)CN(S(=O)(=O)NCCCN(C)c2ccccc2)C1. The van der Waals surface area contributed by atoms with Gasteiger partial charge in [0.05, 0.1) is 0 Å². The largest absolute Gasteiger partial charge is 0.375 e. The minimum atomic E-state index is -3.35. The smallest absolute Gasteiger partial charge is 0.279 e. The Labute approximate surface area is 140 Å². The van der Waals surface area contributed by atoms with Crippen LogP contribution in [0.15, 0.2) is 30.3 Å². The number of hydrogen-bond donors (Lipinski definition) is 1. The van der Waals surface area contributed by atoms with Gasteiger partial charge in [-0.15, -0.1) is 0 Å². The molecule has 1 aliphatic heterocycles. The molecule has 1 heterocycles. The predicted octanol–water partition coefficient (Wildman–Crippen LogP) is 2.33. The highest BCUT2D eigenvalue weighted by atomic mass is 32.2. The van der Waals surface area contributed by atoms with Crippen LogP contribution >= 0.6 is 0 Å². The lowest BCUT2D eigenvalue weighted by atomic mass is 9.94. The molecule has 130 valence electrons. The van der Waals surface area contributed by atoms with Gasteiger partial charge in [0.25, 0.3) is 10.2 Å². The van der Waals surface area contributed by atoms with E-state index in [9.17, 15) is 8.42 Å². The van der Waals surface area contributed by atoms with Crippen molar-refractivity contribution < 1.29 is 8.42 Å². The zero-order chi connectivity index (χ0) is 16.9. The van der Waals surface area contributed by atoms with Crippen molar-refractivity contribution in [1.29, 1.82) is 0 Å². The highest BCUT2D eigenvalue weighted by Gasteiger charge is 2.29. The van der Waals surface area contributed by atoms with Gasteiger partial charge in [0.1, 0.15) is 0 Å². The van der Waals surface area contributed by atoms with E-state index in [2.05, 4.69) is 35.6 Å². The quantitative estimate of drug-likeness (QED) is 0.776. The van der Waals surface area contributed by atoms with Crippen LogP contribution < -0.4 is 9.62 Å². The second kappa shape index (κ2) is 8.13. The van der Waals surface area contributed by atoms with Crippen LogP contribution in [0.2, 0.25) is 0 Å². The summed E-state index contributed by atoms with van der Waals surface area (Å²) >= 11 is 0. The Hall–Kier alpha value is -1.11. The summed E-state index contributed by atoms with van der Waals surface area (Å²) in [6, 6.07) is 10.1. The Bertz CT molecular complexity index is 567. The predicted molar refractivity (Wildman–Crippen MR) is 95.8 cm³/mol. The van der Waals surface area contributed by atoms with Gasteiger partial charge < -0.3 is 4.90 Å². The minimum Gasteiger partial charge on any atom is -0.375 e. The molecule has 6 heteroatoms. The Morgan fingerprint density at radius 1 is 1.17 bits per heavy atom. The summed E-state index contributed by atoms with van der Waals surface area (Å²) in [5.41, 5.74) is 1.15. The fraction of sp³-hybridized carbons (Fsp3) is 0.647. The van der Waals surface area contributed by atoms with E-state index in [1.54, 1.807) is 4.31 Å². The van der Waals surface area contributed by atoms with E-state index in [-0.39, 0.29) is 0 Å². The maximum absolute atomic E-state index is 12.4. The molecule has 0 aromatic heterocycles. The molecular weight excluding hydrogens is 310 g/mol. The summed E-state index contributed by atoms with van der Waals surface area (Å²) in [6.45, 7) is 6.78. The van der Waals surface area contributed by atoms with Gasteiger partial charge in [0, 0.05) is 38.9 Å². The molecule has 0 saturated carbocycles. The van der Waals surface area contributed by atoms with Crippen LogP contribution in [0, 0.1) is 11.8 Å². The van der Waals surface area contributed by atoms with Gasteiger partial charge in [-0.2, -0.15) is 12.7 Å². The standard InChI is InChI=1S/C17H29N3O2S/c1-15-12-16(2)14-20(13-15)23(21,22)18-10-7-11-19(3)17-8-5-4-6-9-17/h4-6,8-9,15-16,18H,7,10-14H2,1-3H3. The molecule has 2 atom stereocenters. The first-order chi connectivity index (χ1) is 10.9. The number of rotatable bonds is 7. The van der Waals surface area contributed by atoms with E-state index >= 15 is 0 Å². The first-order valence-electron chi connectivity index (χ1n) is 8.39. The van der Waals surface area contributed by atoms with E-state index in [1.165, 1.54) is 0 Å². The Morgan fingerprint density at radius 2 is 1.78 bits per heavy atom. The Kier molecular flexibility index (Phi) is 6.44. The number of nitrogens with one attached hydrogen (secondary N) is 1. The van der Waals surface area contributed by atoms with E-state index < -0.39 is 10.2 Å². The van der Waals surface area contributed by atoms with E-state index in [0.717, 1.165) is 25.1 Å². The molecule has 1 aromatic carbocycles. The van der Waals surface area contributed by atoms with Crippen molar-refractivity contribution in [3.05, 3.63) is 30.3 Å². The maximum Gasteiger partial charge on any atom is 0.279 e. The molecule has 0 aliphatic carbocycles. The monoisotopic (exact) mass is 339 g/mol. The topological polar surface area (TPSA) is 52.7 Å². The number of hydrogen-bond acceptors (Lipinski definition) is 3. The lowest BCUT2D eigenvalue weighted by Gasteiger charge is -2.34. The van der Waals surface area contributed by atoms with Crippen molar-refractivity contribution in [3.63, 3.8) is 0 Å². The van der Waals surface area contributed by atoms with E-state index in [0.29, 0.717) is 31.5 Å². The second-order valence-electron chi connectivity index (χ2n) is 6.77. The van der Waals surface area contributed by atoms with Gasteiger partial charge in [0.2, 0.25) is 0 Å². The lowest BCUT2D eigenvalue weighted by molar-refractivity contribution is 0.220. The summed E-state index contributed by atoms with van der Waals surface area (Å²) in [5, 5.41) is 0. The molecule has 0 bridgehead atoms. The van der Waals surface area contributed by atoms with Crippen LogP contribution in [0.25, 0.3) is 0 Å². The summed E-state index contributed by atoms with van der Waals surface area (Å²) in [4.78, 5) is 2.14. The van der Waals surface area contributed by atoms with Gasteiger partial charge >= 0.3 is 0 Å². The normalized spacial score (nSPS) is 22.9. The average molecular weight is 340 g/mol. The molecule has 1 N–H and O–H groups in total. The summed E-state index contributed by atoms with van der Waals surface area (Å²) in [7, 11) is -1.32. The van der Waals surface area contributed by atoms with Gasteiger partial charge in [0.15, 0.2) is 0 Å². The molecule has 0 amide bonds. The lowest BCUT2D eigenvalue weighted by Crippen LogP contribution is -2.48. The molecule has 5 nitrogen and oxygen atoms in total. The van der Waals surface area contributed by atoms with Crippen LogP contribution in [-0.2, 0) is 10.2 Å². The zero-order valence-corrected chi connectivity index (χ0v) is 15.2. The third-order valence-electron chi connectivity index (χ3n) is 4.33. The molecule has 2 rings (SSSR count). The molecule has 2 unspecified atom stereocenters. The van der Waals surface area contributed by atoms with Crippen molar-refractivity contribution in [2.45, 2.75) is 26.7 Å². The van der Waals surface area contributed by atoms with Crippen molar-refractivity contribution in [3.8, 4) is 0 Å². The van der Waals surface area contributed by atoms with Crippen molar-refractivity contribution >= 4 is 15.9 Å². The number of nitrogens with zero attached hydrogens (tertiary/aromatic N) is 2. The third-order valence-corrected chi connectivity index (χ3v) is 5.87. The van der Waals surface area contributed by atoms with Crippen molar-refractivity contribution in [1.82, 2.24) is 9.03 Å². The molecular formula is C17H29N3O2S. The number of piperidine rings is 1. The number of benzene rings is 1. The molecule has 0 radical (unpaired) electrons. The summed E-state index contributed by atoms with van der Waals surface area (Å²) < 4.78 is 29.1. The second-order valence-corrected chi connectivity index (χ2v) is 8.53. The molecule has 1 fully saturated rings. The molecule has 0 spiro atoms. The molecule has 1 aliphatic rings. The van der Waals surface area contributed by atoms with Gasteiger partial charge in [-0.05, 0) is 36.8 Å². The Balaban J connectivity index is 1.76. The fourth-order valence-electron chi connectivity index (χ4n) is 3.22. The first kappa shape index (κ1) is 18.2. The van der Waals surface area contributed by atoms with Crippen LogP contribution in [-0.4, -0.2) is 45.9 Å². The van der Waals surface area contributed by atoms with Crippen LogP contribution in [0.1, 0.15) is 26.7 Å². The number of anilines is 1. The first-order valence-corrected chi connectivity index (χ1v) is 9.83. The fourth-order valence-corrected chi connectivity index (χ4v) is 4.71. The minimum absolute atomic E-state index is 0.430. The maximum atomic E-state index is 12.4. The van der Waals surface area contributed by atoms with E-state index in [1.807, 2.05) is 25.2 Å². The molecule has 23 heavy (non-hydrogen) atoms. The van der Waals surface area contributed by atoms with Gasteiger partial charge in [-0.3, -0.25) is 0 Å². The van der Waals surface area contributed by atoms with Crippen LogP contribution in [0.3, 0.4) is 0 Å². The average Bonchev–Trinajstić information content (AvgIpc) is 2.51. The van der Waals surface area contributed by atoms with Crippen LogP contribution in [0.4, 0.5) is 5.69 Å². The van der Waals surface area contributed by atoms with E-state index in [4.69, 9.17) is 0 Å². The number of para-hydroxylation sites is 1. The van der Waals surface area contributed by atoms with Gasteiger partial charge in [-0.25, -0.2) is 4.72 Å². The highest BCUT2D eigenvalue weighted by Crippen LogP contribution is 2.22. The molecule has 1 aromatic rings. The zero-order valence-electron chi connectivity index (χ0n) is 14.4. The highest BCUT2D eigenvalue weighted by molar-refractivity contribution is 7.87. The van der Waals surface area contributed by atoms with Crippen molar-refractivity contribution in [2.75, 3.05) is 38.1 Å². The van der Waals surface area contributed by atoms with Gasteiger partial charge in [-0.1, -0.05) is 32.0 Å². The molecule has 1 saturated heterocycles. The summed E-state index contributed by atoms with van der Waals surface area (Å²) in [6.07, 6.45) is 1.89. The Morgan fingerprint density at radius 3 is 2.39 bits per heavy atom.